The molecule has 0 bridgehead atoms. The Morgan fingerprint density at radius 3 is 1.52 bits per heavy atom. The molecule has 0 fully saturated rings. The maximum Gasteiger partial charge on any atom is 0.673 e. The van der Waals surface area contributed by atoms with Crippen molar-refractivity contribution < 1.29 is 22.3 Å². The van der Waals surface area contributed by atoms with E-state index in [0.717, 1.165) is 33.9 Å². The van der Waals surface area contributed by atoms with Gasteiger partial charge in [-0.15, -0.1) is 0 Å². The first kappa shape index (κ1) is 33.9. The first-order valence-electron chi connectivity index (χ1n) is 14.4. The number of aryl methyl sites for hydroxylation is 6. The van der Waals surface area contributed by atoms with Gasteiger partial charge in [-0.3, -0.25) is 0 Å². The fraction of sp³-hybridized carbons (Fsp3) is 0.162. The first-order valence-corrected chi connectivity index (χ1v) is 14.4. The number of halogens is 4. The van der Waals surface area contributed by atoms with E-state index in [9.17, 15) is 17.3 Å². The van der Waals surface area contributed by atoms with Crippen LogP contribution in [0.5, 0.6) is 0 Å². The van der Waals surface area contributed by atoms with E-state index < -0.39 is 7.25 Å². The predicted octanol–water partition coefficient (Wildman–Crippen LogP) is 9.30. The van der Waals surface area contributed by atoms with Crippen LogP contribution in [0.15, 0.2) is 115 Å². The minimum Gasteiger partial charge on any atom is -0.418 e. The molecule has 0 saturated carbocycles. The SMILES string of the molecule is Cc1ccc(C(/C=C/C=C/C=C(/Nc2cc(C)cc(C)c2)c2ccc(C)cc2)=[NH+]c2cc(C)cc(C)c2)cc1.F[B-](F)(F)F. The van der Waals surface area contributed by atoms with E-state index >= 15 is 0 Å². The molecule has 44 heavy (non-hydrogen) atoms. The van der Waals surface area contributed by atoms with E-state index in [-0.39, 0.29) is 0 Å². The van der Waals surface area contributed by atoms with Gasteiger partial charge in [-0.1, -0.05) is 77.9 Å². The zero-order valence-electron chi connectivity index (χ0n) is 26.1. The fourth-order valence-corrected chi connectivity index (χ4v) is 4.66. The van der Waals surface area contributed by atoms with Crippen molar-refractivity contribution in [2.45, 2.75) is 41.5 Å². The molecule has 0 amide bonds. The number of hydrogen-bond acceptors (Lipinski definition) is 1. The van der Waals surface area contributed by atoms with Crippen LogP contribution < -0.4 is 10.3 Å². The fourth-order valence-electron chi connectivity index (χ4n) is 4.66. The molecule has 4 rings (SSSR count). The second kappa shape index (κ2) is 15.7. The first-order chi connectivity index (χ1) is 20.7. The Balaban J connectivity index is 0.000000978. The van der Waals surface area contributed by atoms with E-state index in [4.69, 9.17) is 0 Å². The maximum absolute atomic E-state index is 9.75. The second-order valence-electron chi connectivity index (χ2n) is 11.0. The molecule has 2 N–H and O–H groups in total. The van der Waals surface area contributed by atoms with Crippen LogP contribution in [0.1, 0.15) is 44.5 Å². The zero-order chi connectivity index (χ0) is 32.3. The summed E-state index contributed by atoms with van der Waals surface area (Å²) < 4.78 is 39.0. The molecule has 0 aliphatic rings. The Morgan fingerprint density at radius 1 is 0.568 bits per heavy atom. The van der Waals surface area contributed by atoms with Crippen LogP contribution in [0.3, 0.4) is 0 Å². The smallest absolute Gasteiger partial charge is 0.418 e. The molecule has 0 aliphatic carbocycles. The number of hydrogen-bond donors (Lipinski definition) is 2. The predicted molar refractivity (Wildman–Crippen MR) is 179 cm³/mol. The molecule has 0 atom stereocenters. The molecular weight excluding hydrogens is 559 g/mol. The molecule has 228 valence electrons. The zero-order valence-corrected chi connectivity index (χ0v) is 26.1. The summed E-state index contributed by atoms with van der Waals surface area (Å²) in [6.45, 7) is 12.8. The average molecular weight is 599 g/mol. The van der Waals surface area contributed by atoms with Crippen LogP contribution in [0.25, 0.3) is 5.70 Å². The molecule has 0 radical (unpaired) electrons. The number of anilines is 1. The van der Waals surface area contributed by atoms with Crippen molar-refractivity contribution in [2.24, 2.45) is 0 Å². The quantitative estimate of drug-likeness (QED) is 0.0899. The lowest BCUT2D eigenvalue weighted by molar-refractivity contribution is -0.351. The molecule has 4 aromatic rings. The van der Waals surface area contributed by atoms with Gasteiger partial charge < -0.3 is 22.6 Å². The molecule has 0 heterocycles. The van der Waals surface area contributed by atoms with Crippen LogP contribution in [0, 0.1) is 41.5 Å². The molecule has 0 aromatic heterocycles. The molecule has 0 unspecified atom stereocenters. The third-order valence-corrected chi connectivity index (χ3v) is 6.47. The number of rotatable bonds is 8. The van der Waals surface area contributed by atoms with Crippen molar-refractivity contribution in [3.05, 3.63) is 160 Å². The summed E-state index contributed by atoms with van der Waals surface area (Å²) >= 11 is 0. The summed E-state index contributed by atoms with van der Waals surface area (Å²) in [6.07, 6.45) is 10.5. The summed E-state index contributed by atoms with van der Waals surface area (Å²) in [5, 5.41) is 3.64. The molecule has 0 saturated heterocycles. The second-order valence-corrected chi connectivity index (χ2v) is 11.0. The monoisotopic (exact) mass is 598 g/mol. The van der Waals surface area contributed by atoms with Crippen LogP contribution in [-0.2, 0) is 0 Å². The highest BCUT2D eigenvalue weighted by Crippen LogP contribution is 2.22. The highest BCUT2D eigenvalue weighted by molar-refractivity contribution is 6.50. The summed E-state index contributed by atoms with van der Waals surface area (Å²) in [5.41, 5.74) is 14.1. The summed E-state index contributed by atoms with van der Waals surface area (Å²) in [5.74, 6) is 0. The van der Waals surface area contributed by atoms with Gasteiger partial charge >= 0.3 is 7.25 Å². The van der Waals surface area contributed by atoms with E-state index in [1.54, 1.807) is 0 Å². The Bertz CT molecular complexity index is 1620. The van der Waals surface area contributed by atoms with Crippen molar-refractivity contribution in [3.8, 4) is 0 Å². The molecular formula is C37H39BF4N2. The molecule has 7 heteroatoms. The van der Waals surface area contributed by atoms with Crippen molar-refractivity contribution in [1.29, 1.82) is 0 Å². The number of nitrogens with one attached hydrogen (secondary N) is 2. The highest BCUT2D eigenvalue weighted by Gasteiger charge is 2.20. The number of benzene rings is 4. The Hall–Kier alpha value is -4.65. The molecule has 0 spiro atoms. The lowest BCUT2D eigenvalue weighted by Crippen LogP contribution is -2.66. The minimum absolute atomic E-state index is 1.06. The van der Waals surface area contributed by atoms with Gasteiger partial charge in [0, 0.05) is 35.2 Å². The van der Waals surface area contributed by atoms with Gasteiger partial charge in [0.05, 0.1) is 0 Å². The summed E-state index contributed by atoms with van der Waals surface area (Å²) in [4.78, 5) is 3.64. The third-order valence-electron chi connectivity index (χ3n) is 6.47. The normalized spacial score (nSPS) is 12.4. The third kappa shape index (κ3) is 12.3. The largest absolute Gasteiger partial charge is 0.673 e. The van der Waals surface area contributed by atoms with Crippen LogP contribution >= 0.6 is 0 Å². The molecule has 0 aliphatic heterocycles. The van der Waals surface area contributed by atoms with Gasteiger partial charge in [0.15, 0.2) is 0 Å². The van der Waals surface area contributed by atoms with E-state index in [1.165, 1.54) is 33.4 Å². The Morgan fingerprint density at radius 2 is 1.02 bits per heavy atom. The van der Waals surface area contributed by atoms with Crippen molar-refractivity contribution in [2.75, 3.05) is 5.32 Å². The van der Waals surface area contributed by atoms with E-state index in [1.807, 2.05) is 0 Å². The topological polar surface area (TPSA) is 26.0 Å². The summed E-state index contributed by atoms with van der Waals surface area (Å²) in [7, 11) is -6.00. The lowest BCUT2D eigenvalue weighted by Gasteiger charge is -2.13. The van der Waals surface area contributed by atoms with Gasteiger partial charge in [0.2, 0.25) is 11.4 Å². The van der Waals surface area contributed by atoms with Crippen LogP contribution in [-0.4, -0.2) is 13.0 Å². The average Bonchev–Trinajstić information content (AvgIpc) is 2.90. The lowest BCUT2D eigenvalue weighted by atomic mass is 10.1. The molecule has 2 nitrogen and oxygen atoms in total. The Kier molecular flexibility index (Phi) is 12.1. The van der Waals surface area contributed by atoms with Crippen LogP contribution in [0.2, 0.25) is 0 Å². The van der Waals surface area contributed by atoms with Crippen LogP contribution in [0.4, 0.5) is 28.6 Å². The van der Waals surface area contributed by atoms with Gasteiger partial charge in [-0.2, -0.15) is 0 Å². The van der Waals surface area contributed by atoms with Gasteiger partial charge in [-0.05, 0) is 99.7 Å². The Labute approximate surface area is 258 Å². The highest BCUT2D eigenvalue weighted by atomic mass is 19.5. The maximum atomic E-state index is 9.75. The standard InChI is InChI=1S/C37H38N2.BF4/c1-26-12-16-32(17-13-26)36(38-34-22-28(3)20-29(4)23-34)10-8-7-9-11-37(33-18-14-27(2)15-19-33)39-35-24-30(5)21-31(6)25-35;2-1(3,4)5/h7-25,38H,1-6H3;/q;-1/p+1/b8-7+,11-9+,36-10+,39-37?;. The van der Waals surface area contributed by atoms with Crippen molar-refractivity contribution >= 4 is 30.0 Å². The number of allylic oxidation sites excluding steroid dienone is 5. The van der Waals surface area contributed by atoms with Gasteiger partial charge in [0.1, 0.15) is 0 Å². The van der Waals surface area contributed by atoms with Gasteiger partial charge in [-0.25, -0.2) is 4.99 Å². The van der Waals surface area contributed by atoms with Gasteiger partial charge in [0.25, 0.3) is 0 Å². The van der Waals surface area contributed by atoms with Crippen molar-refractivity contribution in [1.82, 2.24) is 0 Å². The minimum atomic E-state index is -6.00. The molecule has 4 aromatic carbocycles. The van der Waals surface area contributed by atoms with Crippen molar-refractivity contribution in [3.63, 3.8) is 0 Å². The summed E-state index contributed by atoms with van der Waals surface area (Å²) in [6, 6.07) is 30.4. The van der Waals surface area contributed by atoms with E-state index in [0.29, 0.717) is 0 Å². The van der Waals surface area contributed by atoms with E-state index in [2.05, 4.69) is 167 Å².